The Labute approximate surface area is 182 Å². The molecule has 0 unspecified atom stereocenters. The number of anilines is 1. The molecule has 0 heterocycles. The lowest BCUT2D eigenvalue weighted by atomic mass is 10.0. The molecule has 0 saturated heterocycles. The molecule has 0 aromatic heterocycles. The third kappa shape index (κ3) is 7.35. The van der Waals surface area contributed by atoms with Crippen molar-refractivity contribution < 1.29 is 23.1 Å². The summed E-state index contributed by atoms with van der Waals surface area (Å²) in [7, 11) is 0. The van der Waals surface area contributed by atoms with Crippen molar-refractivity contribution in [1.29, 1.82) is 0 Å². The summed E-state index contributed by atoms with van der Waals surface area (Å²) < 4.78 is 33.1. The van der Waals surface area contributed by atoms with Crippen LogP contribution in [0.15, 0.2) is 48.5 Å². The normalized spacial score (nSPS) is 12.7. The minimum atomic E-state index is -3.11. The monoisotopic (exact) mass is 432 g/mol. The summed E-state index contributed by atoms with van der Waals surface area (Å²) in [5.41, 5.74) is 0.416. The third-order valence-corrected chi connectivity index (χ3v) is 4.50. The number of ether oxygens (including phenoxy) is 1. The topological polar surface area (TPSA) is 67.4 Å². The van der Waals surface area contributed by atoms with Crippen LogP contribution in [0, 0.1) is 0 Å². The highest BCUT2D eigenvalue weighted by Crippen LogP contribution is 2.30. The second-order valence-corrected chi connectivity index (χ2v) is 8.46. The van der Waals surface area contributed by atoms with Crippen molar-refractivity contribution >= 4 is 17.6 Å². The van der Waals surface area contributed by atoms with Gasteiger partial charge in [0.15, 0.2) is 0 Å². The molecular formula is C24H30F2N2O3. The molecule has 1 atom stereocenters. The van der Waals surface area contributed by atoms with Crippen LogP contribution < -0.4 is 10.6 Å². The van der Waals surface area contributed by atoms with E-state index in [1.807, 2.05) is 30.3 Å². The summed E-state index contributed by atoms with van der Waals surface area (Å²) in [6, 6.07) is 12.5. The molecule has 2 aromatic rings. The van der Waals surface area contributed by atoms with Crippen molar-refractivity contribution in [2.75, 3.05) is 5.32 Å². The van der Waals surface area contributed by atoms with Crippen LogP contribution in [-0.4, -0.2) is 23.5 Å². The molecule has 2 N–H and O–H groups in total. The third-order valence-electron chi connectivity index (χ3n) is 4.50. The molecule has 168 valence electrons. The molecule has 7 heteroatoms. The van der Waals surface area contributed by atoms with E-state index in [9.17, 15) is 18.4 Å². The summed E-state index contributed by atoms with van der Waals surface area (Å²) in [6.45, 7) is 8.12. The van der Waals surface area contributed by atoms with Gasteiger partial charge in [-0.15, -0.1) is 0 Å². The Balaban J connectivity index is 2.29. The molecular weight excluding hydrogens is 402 g/mol. The van der Waals surface area contributed by atoms with Gasteiger partial charge in [0.05, 0.1) is 5.56 Å². The van der Waals surface area contributed by atoms with Gasteiger partial charge in [-0.05, 0) is 44.9 Å². The molecule has 0 aliphatic heterocycles. The van der Waals surface area contributed by atoms with Crippen molar-refractivity contribution in [2.24, 2.45) is 0 Å². The van der Waals surface area contributed by atoms with Gasteiger partial charge in [0.2, 0.25) is 0 Å². The van der Waals surface area contributed by atoms with Crippen molar-refractivity contribution in [1.82, 2.24) is 5.32 Å². The molecule has 31 heavy (non-hydrogen) atoms. The van der Waals surface area contributed by atoms with Gasteiger partial charge in [-0.3, -0.25) is 4.79 Å². The first kappa shape index (κ1) is 24.3. The van der Waals surface area contributed by atoms with Gasteiger partial charge in [0.25, 0.3) is 11.8 Å². The average Bonchev–Trinajstić information content (AvgIpc) is 2.68. The molecule has 0 saturated carbocycles. The quantitative estimate of drug-likeness (QED) is 0.559. The van der Waals surface area contributed by atoms with Gasteiger partial charge in [0.1, 0.15) is 11.6 Å². The number of halogens is 2. The number of hydrogen-bond acceptors (Lipinski definition) is 4. The summed E-state index contributed by atoms with van der Waals surface area (Å²) >= 11 is 0. The van der Waals surface area contributed by atoms with E-state index in [0.29, 0.717) is 18.7 Å². The van der Waals surface area contributed by atoms with Gasteiger partial charge < -0.3 is 15.4 Å². The first-order valence-corrected chi connectivity index (χ1v) is 10.2. The number of esters is 1. The van der Waals surface area contributed by atoms with Crippen LogP contribution in [0.4, 0.5) is 14.5 Å². The summed E-state index contributed by atoms with van der Waals surface area (Å²) in [5.74, 6) is -4.30. The van der Waals surface area contributed by atoms with Crippen molar-refractivity contribution in [2.45, 2.75) is 65.1 Å². The maximum Gasteiger partial charge on any atom is 0.329 e. The van der Waals surface area contributed by atoms with Crippen LogP contribution in [0.25, 0.3) is 0 Å². The average molecular weight is 433 g/mol. The Morgan fingerprint density at radius 1 is 1.03 bits per heavy atom. The van der Waals surface area contributed by atoms with Crippen LogP contribution in [0.2, 0.25) is 0 Å². The van der Waals surface area contributed by atoms with Gasteiger partial charge in [-0.25, -0.2) is 13.6 Å². The number of carbonyl (C=O) groups excluding carboxylic acids is 2. The molecule has 2 aromatic carbocycles. The zero-order valence-electron chi connectivity index (χ0n) is 18.6. The van der Waals surface area contributed by atoms with Crippen molar-refractivity contribution in [3.05, 3.63) is 65.2 Å². The SMILES string of the molecule is CC[C@H](NC(=O)c1cc(C(C)(F)F)ccc1NCc1ccccc1)C(=O)OC(C)(C)C. The number of alkyl halides is 2. The van der Waals surface area contributed by atoms with E-state index in [4.69, 9.17) is 4.74 Å². The van der Waals surface area contributed by atoms with Crippen LogP contribution in [0.3, 0.4) is 0 Å². The van der Waals surface area contributed by atoms with Crippen LogP contribution >= 0.6 is 0 Å². The smallest absolute Gasteiger partial charge is 0.329 e. The minimum Gasteiger partial charge on any atom is -0.458 e. The predicted octanol–water partition coefficient (Wildman–Crippen LogP) is 5.26. The highest BCUT2D eigenvalue weighted by molar-refractivity contribution is 6.01. The fourth-order valence-electron chi connectivity index (χ4n) is 2.89. The van der Waals surface area contributed by atoms with Gasteiger partial charge >= 0.3 is 5.97 Å². The van der Waals surface area contributed by atoms with E-state index in [-0.39, 0.29) is 11.1 Å². The number of hydrogen-bond donors (Lipinski definition) is 2. The second kappa shape index (κ2) is 9.90. The van der Waals surface area contributed by atoms with E-state index < -0.39 is 29.4 Å². The molecule has 0 aliphatic carbocycles. The maximum atomic E-state index is 13.9. The van der Waals surface area contributed by atoms with Crippen LogP contribution in [0.5, 0.6) is 0 Å². The number of rotatable bonds is 8. The predicted molar refractivity (Wildman–Crippen MR) is 117 cm³/mol. The molecule has 0 radical (unpaired) electrons. The Bertz CT molecular complexity index is 903. The molecule has 0 spiro atoms. The zero-order valence-corrected chi connectivity index (χ0v) is 18.6. The molecule has 5 nitrogen and oxygen atoms in total. The first-order chi connectivity index (χ1) is 14.4. The minimum absolute atomic E-state index is 0.0389. The zero-order chi connectivity index (χ0) is 23.2. The Hall–Kier alpha value is -2.96. The second-order valence-electron chi connectivity index (χ2n) is 8.46. The van der Waals surface area contributed by atoms with E-state index >= 15 is 0 Å². The lowest BCUT2D eigenvalue weighted by Crippen LogP contribution is -2.44. The largest absolute Gasteiger partial charge is 0.458 e. The van der Waals surface area contributed by atoms with Crippen molar-refractivity contribution in [3.63, 3.8) is 0 Å². The van der Waals surface area contributed by atoms with E-state index in [1.54, 1.807) is 27.7 Å². The van der Waals surface area contributed by atoms with E-state index in [2.05, 4.69) is 10.6 Å². The standard InChI is InChI=1S/C24H30F2N2O3/c1-6-19(22(30)31-23(2,3)4)28-21(29)18-14-17(24(5,25)26)12-13-20(18)27-15-16-10-8-7-9-11-16/h7-14,19,27H,6,15H2,1-5H3,(H,28,29)/t19-/m0/s1. The summed E-state index contributed by atoms with van der Waals surface area (Å²) in [5, 5.41) is 5.75. The number of nitrogens with one attached hydrogen (secondary N) is 2. The fraction of sp³-hybridized carbons (Fsp3) is 0.417. The fourth-order valence-corrected chi connectivity index (χ4v) is 2.89. The maximum absolute atomic E-state index is 13.9. The van der Waals surface area contributed by atoms with Gasteiger partial charge in [-0.2, -0.15) is 0 Å². The highest BCUT2D eigenvalue weighted by atomic mass is 19.3. The lowest BCUT2D eigenvalue weighted by Gasteiger charge is -2.24. The summed E-state index contributed by atoms with van der Waals surface area (Å²) in [6.07, 6.45) is 0.303. The van der Waals surface area contributed by atoms with Crippen LogP contribution in [-0.2, 0) is 22.0 Å². The van der Waals surface area contributed by atoms with Gasteiger partial charge in [0, 0.05) is 24.7 Å². The molecule has 2 rings (SSSR count). The highest BCUT2D eigenvalue weighted by Gasteiger charge is 2.29. The van der Waals surface area contributed by atoms with Gasteiger partial charge in [-0.1, -0.05) is 43.3 Å². The van der Waals surface area contributed by atoms with Crippen molar-refractivity contribution in [3.8, 4) is 0 Å². The molecule has 0 bridgehead atoms. The Kier molecular flexibility index (Phi) is 7.76. The molecule has 0 fully saturated rings. The number of benzene rings is 2. The molecule has 1 amide bonds. The molecule has 0 aliphatic rings. The Morgan fingerprint density at radius 2 is 1.68 bits per heavy atom. The van der Waals surface area contributed by atoms with E-state index in [1.165, 1.54) is 12.1 Å². The lowest BCUT2D eigenvalue weighted by molar-refractivity contribution is -0.157. The summed E-state index contributed by atoms with van der Waals surface area (Å²) in [4.78, 5) is 25.4. The van der Waals surface area contributed by atoms with Crippen LogP contribution in [0.1, 0.15) is 62.5 Å². The first-order valence-electron chi connectivity index (χ1n) is 10.2. The number of amides is 1. The number of carbonyl (C=O) groups is 2. The Morgan fingerprint density at radius 3 is 2.23 bits per heavy atom. The van der Waals surface area contributed by atoms with E-state index in [0.717, 1.165) is 18.6 Å².